The molecule has 1 fully saturated rings. The molecule has 4 heteroatoms. The number of carbonyl (C=O) groups excluding carboxylic acids is 1. The van der Waals surface area contributed by atoms with Gasteiger partial charge in [0, 0.05) is 36.0 Å². The van der Waals surface area contributed by atoms with Gasteiger partial charge in [0.15, 0.2) is 0 Å². The van der Waals surface area contributed by atoms with E-state index in [0.717, 1.165) is 47.8 Å². The van der Waals surface area contributed by atoms with Crippen molar-refractivity contribution in [2.24, 2.45) is 0 Å². The predicted octanol–water partition coefficient (Wildman–Crippen LogP) is 3.86. The fourth-order valence-corrected chi connectivity index (χ4v) is 3.69. The van der Waals surface area contributed by atoms with Gasteiger partial charge in [-0.2, -0.15) is 0 Å². The van der Waals surface area contributed by atoms with Crippen molar-refractivity contribution < 1.29 is 4.79 Å². The molecule has 0 bridgehead atoms. The van der Waals surface area contributed by atoms with Gasteiger partial charge in [0.25, 0.3) is 0 Å². The van der Waals surface area contributed by atoms with Crippen molar-refractivity contribution in [2.45, 2.75) is 31.7 Å². The fraction of sp³-hybridized carbons (Fsp3) is 0.300. The summed E-state index contributed by atoms with van der Waals surface area (Å²) in [6, 6.07) is 12.3. The monoisotopic (exact) mass is 319 g/mol. The number of carbonyl (C=O) groups is 1. The van der Waals surface area contributed by atoms with Crippen molar-refractivity contribution in [3.63, 3.8) is 0 Å². The summed E-state index contributed by atoms with van der Waals surface area (Å²) in [6.07, 6.45) is 9.34. The highest BCUT2D eigenvalue weighted by molar-refractivity contribution is 5.89. The average molecular weight is 319 g/mol. The Morgan fingerprint density at radius 1 is 1.21 bits per heavy atom. The minimum atomic E-state index is 0.158. The third-order valence-corrected chi connectivity index (χ3v) is 4.91. The standard InChI is InChI=1S/C20H21N3O/c24-20(12-16-14-22-18-8-2-1-7-17(16)18)23-11-4-3-9-19(23)15-6-5-10-21-13-15/h1-2,5-8,10,13-14,19,22H,3-4,9,11-12H2/t19-/m1/s1. The topological polar surface area (TPSA) is 49.0 Å². The number of rotatable bonds is 3. The van der Waals surface area contributed by atoms with E-state index in [-0.39, 0.29) is 11.9 Å². The summed E-state index contributed by atoms with van der Waals surface area (Å²) in [5.74, 6) is 0.202. The van der Waals surface area contributed by atoms with Crippen molar-refractivity contribution in [1.29, 1.82) is 0 Å². The average Bonchev–Trinajstić information content (AvgIpc) is 3.05. The van der Waals surface area contributed by atoms with E-state index >= 15 is 0 Å². The van der Waals surface area contributed by atoms with E-state index < -0.39 is 0 Å². The number of pyridine rings is 1. The van der Waals surface area contributed by atoms with Gasteiger partial charge in [0.1, 0.15) is 0 Å². The van der Waals surface area contributed by atoms with Crippen molar-refractivity contribution in [3.05, 3.63) is 66.1 Å². The number of nitrogens with one attached hydrogen (secondary N) is 1. The Hall–Kier alpha value is -2.62. The molecule has 1 amide bonds. The maximum Gasteiger partial charge on any atom is 0.227 e. The summed E-state index contributed by atoms with van der Waals surface area (Å²) in [4.78, 5) is 22.5. The summed E-state index contributed by atoms with van der Waals surface area (Å²) in [5, 5.41) is 1.14. The van der Waals surface area contributed by atoms with Crippen LogP contribution in [-0.2, 0) is 11.2 Å². The summed E-state index contributed by atoms with van der Waals surface area (Å²) in [5.41, 5.74) is 3.30. The zero-order valence-corrected chi connectivity index (χ0v) is 13.6. The quantitative estimate of drug-likeness (QED) is 0.797. The van der Waals surface area contributed by atoms with E-state index in [0.29, 0.717) is 6.42 Å². The second-order valence-corrected chi connectivity index (χ2v) is 6.42. The number of likely N-dealkylation sites (tertiary alicyclic amines) is 1. The molecule has 1 aromatic carbocycles. The lowest BCUT2D eigenvalue weighted by Gasteiger charge is -2.36. The number of hydrogen-bond donors (Lipinski definition) is 1. The van der Waals surface area contributed by atoms with Gasteiger partial charge < -0.3 is 9.88 Å². The van der Waals surface area contributed by atoms with Gasteiger partial charge in [-0.05, 0) is 42.5 Å². The zero-order chi connectivity index (χ0) is 16.4. The lowest BCUT2D eigenvalue weighted by atomic mass is 9.95. The van der Waals surface area contributed by atoms with E-state index in [9.17, 15) is 4.79 Å². The number of H-pyrrole nitrogens is 1. The zero-order valence-electron chi connectivity index (χ0n) is 13.6. The fourth-order valence-electron chi connectivity index (χ4n) is 3.69. The van der Waals surface area contributed by atoms with Gasteiger partial charge in [0.05, 0.1) is 12.5 Å². The number of aromatic amines is 1. The van der Waals surface area contributed by atoms with Crippen LogP contribution in [0.5, 0.6) is 0 Å². The van der Waals surface area contributed by atoms with Crippen molar-refractivity contribution in [2.75, 3.05) is 6.54 Å². The van der Waals surface area contributed by atoms with Crippen molar-refractivity contribution in [1.82, 2.24) is 14.9 Å². The molecule has 122 valence electrons. The molecular formula is C20H21N3O. The van der Waals surface area contributed by atoms with E-state index in [1.807, 2.05) is 41.6 Å². The summed E-state index contributed by atoms with van der Waals surface area (Å²) in [6.45, 7) is 0.834. The van der Waals surface area contributed by atoms with Gasteiger partial charge >= 0.3 is 0 Å². The highest BCUT2D eigenvalue weighted by Gasteiger charge is 2.28. The summed E-state index contributed by atoms with van der Waals surface area (Å²) in [7, 11) is 0. The van der Waals surface area contributed by atoms with Crippen LogP contribution in [0.15, 0.2) is 55.0 Å². The molecule has 4 nitrogen and oxygen atoms in total. The Kier molecular flexibility index (Phi) is 4.03. The van der Waals surface area contributed by atoms with Crippen molar-refractivity contribution >= 4 is 16.8 Å². The highest BCUT2D eigenvalue weighted by atomic mass is 16.2. The molecule has 2 aromatic heterocycles. The molecule has 0 unspecified atom stereocenters. The molecule has 0 radical (unpaired) electrons. The molecule has 1 N–H and O–H groups in total. The van der Waals surface area contributed by atoms with Gasteiger partial charge in [0.2, 0.25) is 5.91 Å². The molecule has 0 aliphatic carbocycles. The number of nitrogens with zero attached hydrogens (tertiary/aromatic N) is 2. The third kappa shape index (κ3) is 2.80. The van der Waals surface area contributed by atoms with Crippen LogP contribution in [0.3, 0.4) is 0 Å². The molecule has 0 spiro atoms. The molecule has 0 saturated carbocycles. The Morgan fingerprint density at radius 3 is 3.00 bits per heavy atom. The molecule has 24 heavy (non-hydrogen) atoms. The van der Waals surface area contributed by atoms with Gasteiger partial charge in [-0.1, -0.05) is 24.3 Å². The maximum absolute atomic E-state index is 13.0. The Balaban J connectivity index is 1.58. The maximum atomic E-state index is 13.0. The highest BCUT2D eigenvalue weighted by Crippen LogP contribution is 2.31. The van der Waals surface area contributed by atoms with E-state index in [2.05, 4.69) is 22.1 Å². The molecule has 1 saturated heterocycles. The second kappa shape index (κ2) is 6.48. The molecule has 4 rings (SSSR count). The number of aromatic nitrogens is 2. The number of piperidine rings is 1. The SMILES string of the molecule is O=C(Cc1c[nH]c2ccccc12)N1CCCC[C@@H]1c1cccnc1. The number of fused-ring (bicyclic) bond motifs is 1. The number of hydrogen-bond acceptors (Lipinski definition) is 2. The van der Waals surface area contributed by atoms with Crippen LogP contribution in [0.1, 0.15) is 36.4 Å². The molecule has 3 aromatic rings. The van der Waals surface area contributed by atoms with Crippen molar-refractivity contribution in [3.8, 4) is 0 Å². The molecule has 1 atom stereocenters. The predicted molar refractivity (Wildman–Crippen MR) is 94.5 cm³/mol. The minimum Gasteiger partial charge on any atom is -0.361 e. The lowest BCUT2D eigenvalue weighted by molar-refractivity contribution is -0.134. The largest absolute Gasteiger partial charge is 0.361 e. The van der Waals surface area contributed by atoms with E-state index in [1.54, 1.807) is 6.20 Å². The molecule has 3 heterocycles. The van der Waals surface area contributed by atoms with Crippen LogP contribution in [0, 0.1) is 0 Å². The first kappa shape index (κ1) is 14.9. The van der Waals surface area contributed by atoms with Crippen LogP contribution in [0.4, 0.5) is 0 Å². The van der Waals surface area contributed by atoms with Gasteiger partial charge in [-0.25, -0.2) is 0 Å². The normalized spacial score (nSPS) is 18.0. The van der Waals surface area contributed by atoms with E-state index in [1.165, 1.54) is 0 Å². The van der Waals surface area contributed by atoms with Crippen LogP contribution in [0.2, 0.25) is 0 Å². The van der Waals surface area contributed by atoms with Crippen LogP contribution in [-0.4, -0.2) is 27.3 Å². The Morgan fingerprint density at radius 2 is 2.12 bits per heavy atom. The lowest BCUT2D eigenvalue weighted by Crippen LogP contribution is -2.39. The first-order chi connectivity index (χ1) is 11.8. The summed E-state index contributed by atoms with van der Waals surface area (Å²) >= 11 is 0. The first-order valence-corrected chi connectivity index (χ1v) is 8.57. The molecule has 1 aliphatic heterocycles. The number of para-hydroxylation sites is 1. The van der Waals surface area contributed by atoms with Crippen LogP contribution in [0.25, 0.3) is 10.9 Å². The van der Waals surface area contributed by atoms with Gasteiger partial charge in [-0.3, -0.25) is 9.78 Å². The van der Waals surface area contributed by atoms with E-state index in [4.69, 9.17) is 0 Å². The first-order valence-electron chi connectivity index (χ1n) is 8.57. The van der Waals surface area contributed by atoms with Crippen LogP contribution >= 0.6 is 0 Å². The van der Waals surface area contributed by atoms with Gasteiger partial charge in [-0.15, -0.1) is 0 Å². The molecular weight excluding hydrogens is 298 g/mol. The Bertz CT molecular complexity index is 840. The minimum absolute atomic E-state index is 0.158. The molecule has 1 aliphatic rings. The summed E-state index contributed by atoms with van der Waals surface area (Å²) < 4.78 is 0. The second-order valence-electron chi connectivity index (χ2n) is 6.42. The number of benzene rings is 1. The third-order valence-electron chi connectivity index (χ3n) is 4.91. The van der Waals surface area contributed by atoms with Crippen LogP contribution < -0.4 is 0 Å². The Labute approximate surface area is 141 Å². The number of amides is 1. The smallest absolute Gasteiger partial charge is 0.227 e.